The highest BCUT2D eigenvalue weighted by molar-refractivity contribution is 8.00. The van der Waals surface area contributed by atoms with Gasteiger partial charge in [-0.05, 0) is 48.3 Å². The second-order valence-electron chi connectivity index (χ2n) is 10.5. The molecule has 1 aromatic heterocycles. The number of rotatable bonds is 9. The zero-order valence-corrected chi connectivity index (χ0v) is 22.5. The first kappa shape index (κ1) is 27.5. The van der Waals surface area contributed by atoms with E-state index in [2.05, 4.69) is 43.1 Å². The summed E-state index contributed by atoms with van der Waals surface area (Å²) in [4.78, 5) is 19.4. The van der Waals surface area contributed by atoms with Gasteiger partial charge in [0.05, 0.1) is 11.1 Å². The molecular formula is C28H36N6OS. The van der Waals surface area contributed by atoms with E-state index >= 15 is 0 Å². The van der Waals surface area contributed by atoms with Crippen molar-refractivity contribution < 1.29 is 4.79 Å². The maximum Gasteiger partial charge on any atom is 0.235 e. The fourth-order valence-corrected chi connectivity index (χ4v) is 5.66. The summed E-state index contributed by atoms with van der Waals surface area (Å²) in [6.07, 6.45) is 2.64. The van der Waals surface area contributed by atoms with E-state index in [0.717, 1.165) is 44.6 Å². The lowest BCUT2D eigenvalue weighted by Crippen LogP contribution is -2.42. The Kier molecular flexibility index (Phi) is 9.37. The standard InChI is InChI=1S/C28H36N6OS/c1-5-21-22(14-29)26(34-13-9-10-19(17-34)16-32-18-28(2,3)4)33-27(23(21)15-30)36-24(25(31)35)20-11-7-6-8-12-20/h6-8,11-12,19,24,32H,5,9-10,13,16-18H2,1-4H3,(H2,31,35). The molecule has 0 aliphatic carbocycles. The van der Waals surface area contributed by atoms with Crippen LogP contribution in [-0.4, -0.2) is 37.1 Å². The van der Waals surface area contributed by atoms with Gasteiger partial charge in [-0.15, -0.1) is 0 Å². The molecule has 0 bridgehead atoms. The summed E-state index contributed by atoms with van der Waals surface area (Å²) in [6.45, 7) is 12.0. The van der Waals surface area contributed by atoms with Crippen molar-refractivity contribution in [3.05, 3.63) is 52.6 Å². The van der Waals surface area contributed by atoms with Gasteiger partial charge < -0.3 is 16.0 Å². The first-order valence-corrected chi connectivity index (χ1v) is 13.4. The van der Waals surface area contributed by atoms with Crippen LogP contribution in [0, 0.1) is 34.0 Å². The smallest absolute Gasteiger partial charge is 0.235 e. The van der Waals surface area contributed by atoms with Crippen LogP contribution in [0.4, 0.5) is 5.82 Å². The van der Waals surface area contributed by atoms with Crippen LogP contribution >= 0.6 is 11.8 Å². The highest BCUT2D eigenvalue weighted by Gasteiger charge is 2.29. The van der Waals surface area contributed by atoms with Crippen molar-refractivity contribution in [3.63, 3.8) is 0 Å². The fraction of sp³-hybridized carbons (Fsp3) is 0.500. The Morgan fingerprint density at radius 2 is 1.94 bits per heavy atom. The average Bonchev–Trinajstić information content (AvgIpc) is 2.85. The number of pyridine rings is 1. The van der Waals surface area contributed by atoms with Crippen molar-refractivity contribution in [2.24, 2.45) is 17.1 Å². The molecule has 1 amide bonds. The second-order valence-corrected chi connectivity index (χ2v) is 11.6. The molecule has 3 rings (SSSR count). The first-order chi connectivity index (χ1) is 17.2. The number of nitrogens with two attached hydrogens (primary N) is 1. The quantitative estimate of drug-likeness (QED) is 0.481. The molecule has 0 spiro atoms. The van der Waals surface area contributed by atoms with E-state index in [1.807, 2.05) is 37.3 Å². The molecule has 3 N–H and O–H groups in total. The first-order valence-electron chi connectivity index (χ1n) is 12.5. The molecule has 1 aromatic carbocycles. The van der Waals surface area contributed by atoms with E-state index in [4.69, 9.17) is 10.7 Å². The monoisotopic (exact) mass is 504 g/mol. The van der Waals surface area contributed by atoms with Gasteiger partial charge >= 0.3 is 0 Å². The maximum absolute atomic E-state index is 12.4. The zero-order chi connectivity index (χ0) is 26.3. The van der Waals surface area contributed by atoms with Crippen molar-refractivity contribution in [1.82, 2.24) is 10.3 Å². The molecule has 1 saturated heterocycles. The summed E-state index contributed by atoms with van der Waals surface area (Å²) < 4.78 is 0. The zero-order valence-electron chi connectivity index (χ0n) is 21.7. The third-order valence-electron chi connectivity index (χ3n) is 6.32. The van der Waals surface area contributed by atoms with E-state index in [9.17, 15) is 15.3 Å². The molecule has 7 nitrogen and oxygen atoms in total. The van der Waals surface area contributed by atoms with Gasteiger partial charge in [-0.3, -0.25) is 4.79 Å². The van der Waals surface area contributed by atoms with Gasteiger partial charge in [-0.25, -0.2) is 4.98 Å². The van der Waals surface area contributed by atoms with Crippen LogP contribution in [0.2, 0.25) is 0 Å². The number of nitriles is 2. The molecule has 1 aliphatic heterocycles. The fourth-order valence-electron chi connectivity index (χ4n) is 4.60. The summed E-state index contributed by atoms with van der Waals surface area (Å²) in [7, 11) is 0. The van der Waals surface area contributed by atoms with Gasteiger partial charge in [0, 0.05) is 19.6 Å². The van der Waals surface area contributed by atoms with Gasteiger partial charge in [0.2, 0.25) is 5.91 Å². The Morgan fingerprint density at radius 1 is 1.25 bits per heavy atom. The highest BCUT2D eigenvalue weighted by atomic mass is 32.2. The normalized spacial score (nSPS) is 16.7. The molecule has 2 heterocycles. The van der Waals surface area contributed by atoms with Crippen molar-refractivity contribution in [2.45, 2.75) is 57.2 Å². The second kappa shape index (κ2) is 12.3. The van der Waals surface area contributed by atoms with Crippen LogP contribution in [0.1, 0.15) is 68.0 Å². The number of hydrogen-bond acceptors (Lipinski definition) is 7. The number of aromatic nitrogens is 1. The van der Waals surface area contributed by atoms with Crippen molar-refractivity contribution >= 4 is 23.5 Å². The molecule has 2 unspecified atom stereocenters. The summed E-state index contributed by atoms with van der Waals surface area (Å²) in [6, 6.07) is 13.9. The molecule has 1 fully saturated rings. The van der Waals surface area contributed by atoms with E-state index in [0.29, 0.717) is 39.9 Å². The summed E-state index contributed by atoms with van der Waals surface area (Å²) >= 11 is 1.19. The lowest BCUT2D eigenvalue weighted by atomic mass is 9.94. The van der Waals surface area contributed by atoms with Gasteiger partial charge in [0.1, 0.15) is 28.2 Å². The Labute approximate surface area is 219 Å². The van der Waals surface area contributed by atoms with Gasteiger partial charge in [0.25, 0.3) is 0 Å². The Hall–Kier alpha value is -3.07. The number of nitrogens with zero attached hydrogens (tertiary/aromatic N) is 4. The molecule has 0 saturated carbocycles. The number of benzene rings is 1. The van der Waals surface area contributed by atoms with Crippen LogP contribution in [0.3, 0.4) is 0 Å². The lowest BCUT2D eigenvalue weighted by Gasteiger charge is -2.35. The van der Waals surface area contributed by atoms with Gasteiger partial charge in [-0.1, -0.05) is 69.8 Å². The molecule has 190 valence electrons. The Morgan fingerprint density at radius 3 is 2.53 bits per heavy atom. The molecular weight excluding hydrogens is 468 g/mol. The number of carbonyl (C=O) groups excluding carboxylic acids is 1. The summed E-state index contributed by atoms with van der Waals surface area (Å²) in [5, 5.41) is 23.5. The predicted octanol–water partition coefficient (Wildman–Crippen LogP) is 4.56. The number of thioether (sulfide) groups is 1. The molecule has 2 aromatic rings. The number of anilines is 1. The minimum Gasteiger partial charge on any atom is -0.368 e. The molecule has 8 heteroatoms. The highest BCUT2D eigenvalue weighted by Crippen LogP contribution is 2.40. The Bertz CT molecular complexity index is 1150. The van der Waals surface area contributed by atoms with Crippen molar-refractivity contribution in [1.29, 1.82) is 10.5 Å². The molecule has 36 heavy (non-hydrogen) atoms. The van der Waals surface area contributed by atoms with E-state index < -0.39 is 11.2 Å². The van der Waals surface area contributed by atoms with Crippen LogP contribution in [0.15, 0.2) is 35.4 Å². The number of carbonyl (C=O) groups is 1. The number of amides is 1. The average molecular weight is 505 g/mol. The van der Waals surface area contributed by atoms with Crippen LogP contribution in [0.25, 0.3) is 0 Å². The number of hydrogen-bond donors (Lipinski definition) is 2. The van der Waals surface area contributed by atoms with E-state index in [1.165, 1.54) is 11.8 Å². The van der Waals surface area contributed by atoms with E-state index in [1.54, 1.807) is 0 Å². The lowest BCUT2D eigenvalue weighted by molar-refractivity contribution is -0.117. The van der Waals surface area contributed by atoms with E-state index in [-0.39, 0.29) is 5.41 Å². The van der Waals surface area contributed by atoms with Gasteiger partial charge in [-0.2, -0.15) is 10.5 Å². The molecule has 1 aliphatic rings. The maximum atomic E-state index is 12.4. The number of nitrogens with one attached hydrogen (secondary N) is 1. The van der Waals surface area contributed by atoms with Crippen LogP contribution in [-0.2, 0) is 11.2 Å². The number of primary amides is 1. The van der Waals surface area contributed by atoms with Crippen LogP contribution < -0.4 is 16.0 Å². The molecule has 2 atom stereocenters. The topological polar surface area (TPSA) is 119 Å². The largest absolute Gasteiger partial charge is 0.368 e. The summed E-state index contributed by atoms with van der Waals surface area (Å²) in [5.41, 5.74) is 8.23. The van der Waals surface area contributed by atoms with Crippen LogP contribution in [0.5, 0.6) is 0 Å². The van der Waals surface area contributed by atoms with Crippen molar-refractivity contribution in [2.75, 3.05) is 31.1 Å². The molecule has 0 radical (unpaired) electrons. The predicted molar refractivity (Wildman–Crippen MR) is 145 cm³/mol. The van der Waals surface area contributed by atoms with Crippen molar-refractivity contribution in [3.8, 4) is 12.1 Å². The number of piperidine rings is 1. The SMILES string of the molecule is CCc1c(C#N)c(SC(C(N)=O)c2ccccc2)nc(N2CCCC(CNCC(C)(C)C)C2)c1C#N. The summed E-state index contributed by atoms with van der Waals surface area (Å²) in [5.74, 6) is 0.547. The minimum absolute atomic E-state index is 0.217. The third-order valence-corrected chi connectivity index (χ3v) is 7.58. The Balaban J connectivity index is 1.97. The third kappa shape index (κ3) is 6.78. The minimum atomic E-state index is -0.688. The van der Waals surface area contributed by atoms with Gasteiger partial charge in [0.15, 0.2) is 0 Å².